The number of carbonyl (C=O) groups is 1. The molecular formula is C22H24Cl2N4OS. The molecule has 1 amide bonds. The molecule has 0 bridgehead atoms. The molecular weight excluding hydrogens is 439 g/mol. The summed E-state index contributed by atoms with van der Waals surface area (Å²) in [7, 11) is 0. The van der Waals surface area contributed by atoms with Crippen LogP contribution in [0.2, 0.25) is 10.0 Å². The summed E-state index contributed by atoms with van der Waals surface area (Å²) in [6.07, 6.45) is 4.76. The Kier molecular flexibility index (Phi) is 5.52. The lowest BCUT2D eigenvalue weighted by atomic mass is 10.0. The highest BCUT2D eigenvalue weighted by Crippen LogP contribution is 2.31. The van der Waals surface area contributed by atoms with Gasteiger partial charge in [-0.3, -0.25) is 9.48 Å². The van der Waals surface area contributed by atoms with Crippen molar-refractivity contribution in [2.24, 2.45) is 0 Å². The zero-order chi connectivity index (χ0) is 20.8. The number of thiophene rings is 1. The highest BCUT2D eigenvalue weighted by Gasteiger charge is 2.32. The number of nitrogens with one attached hydrogen (secondary N) is 1. The molecule has 2 aliphatic rings. The van der Waals surface area contributed by atoms with Crippen molar-refractivity contribution in [3.8, 4) is 0 Å². The second kappa shape index (κ2) is 8.15. The van der Waals surface area contributed by atoms with E-state index in [4.69, 9.17) is 23.2 Å². The van der Waals surface area contributed by atoms with Crippen LogP contribution in [0, 0.1) is 6.92 Å². The average molecular weight is 463 g/mol. The molecule has 1 saturated heterocycles. The summed E-state index contributed by atoms with van der Waals surface area (Å²) in [6, 6.07) is 8.54. The number of aryl methyl sites for hydroxylation is 1. The number of halogens is 2. The molecule has 1 N–H and O–H groups in total. The topological polar surface area (TPSA) is 50.2 Å². The molecule has 2 fully saturated rings. The summed E-state index contributed by atoms with van der Waals surface area (Å²) >= 11 is 13.9. The van der Waals surface area contributed by atoms with Gasteiger partial charge in [0.2, 0.25) is 0 Å². The summed E-state index contributed by atoms with van der Waals surface area (Å²) in [5.74, 6) is 0.0246. The number of hydrogen-bond acceptors (Lipinski definition) is 4. The Morgan fingerprint density at radius 1 is 1.20 bits per heavy atom. The largest absolute Gasteiger partial charge is 0.349 e. The second-order valence-corrected chi connectivity index (χ2v) is 10.2. The predicted molar refractivity (Wildman–Crippen MR) is 123 cm³/mol. The van der Waals surface area contributed by atoms with Gasteiger partial charge in [-0.1, -0.05) is 29.3 Å². The zero-order valence-corrected chi connectivity index (χ0v) is 19.2. The lowest BCUT2D eigenvalue weighted by molar-refractivity contribution is 0.0913. The number of fused-ring (bicyclic) bond motifs is 1. The van der Waals surface area contributed by atoms with Gasteiger partial charge < -0.3 is 10.2 Å². The number of amides is 1. The monoisotopic (exact) mass is 462 g/mol. The van der Waals surface area contributed by atoms with E-state index in [2.05, 4.69) is 15.3 Å². The van der Waals surface area contributed by atoms with E-state index in [9.17, 15) is 4.79 Å². The highest BCUT2D eigenvalue weighted by molar-refractivity contribution is 7.20. The first kappa shape index (κ1) is 20.3. The normalized spacial score (nSPS) is 18.2. The molecule has 0 radical (unpaired) electrons. The summed E-state index contributed by atoms with van der Waals surface area (Å²) in [4.78, 5) is 17.2. The molecule has 0 spiro atoms. The number of hydrogen-bond donors (Lipinski definition) is 1. The van der Waals surface area contributed by atoms with Crippen molar-refractivity contribution in [3.63, 3.8) is 0 Å². The maximum absolute atomic E-state index is 12.9. The van der Waals surface area contributed by atoms with Crippen LogP contribution in [0.3, 0.4) is 0 Å². The number of rotatable bonds is 5. The van der Waals surface area contributed by atoms with Crippen LogP contribution < -0.4 is 5.32 Å². The van der Waals surface area contributed by atoms with Gasteiger partial charge in [0.05, 0.1) is 17.1 Å². The van der Waals surface area contributed by atoms with Crippen molar-refractivity contribution in [1.29, 1.82) is 0 Å². The first-order valence-corrected chi connectivity index (χ1v) is 12.0. The first-order chi connectivity index (χ1) is 14.5. The Hall–Kier alpha value is -1.60. The molecule has 1 aliphatic heterocycles. The van der Waals surface area contributed by atoms with E-state index >= 15 is 0 Å². The first-order valence-electron chi connectivity index (χ1n) is 10.4. The molecule has 3 heterocycles. The summed E-state index contributed by atoms with van der Waals surface area (Å²) < 4.78 is 1.93. The van der Waals surface area contributed by atoms with E-state index in [1.807, 2.05) is 29.8 Å². The Bertz CT molecular complexity index is 1100. The van der Waals surface area contributed by atoms with E-state index in [0.29, 0.717) is 16.6 Å². The molecule has 1 aliphatic carbocycles. The molecule has 0 unspecified atom stereocenters. The second-order valence-electron chi connectivity index (χ2n) is 8.32. The quantitative estimate of drug-likeness (QED) is 0.572. The highest BCUT2D eigenvalue weighted by atomic mass is 35.5. The van der Waals surface area contributed by atoms with Crippen molar-refractivity contribution < 1.29 is 4.79 Å². The van der Waals surface area contributed by atoms with Crippen LogP contribution in [-0.2, 0) is 6.54 Å². The van der Waals surface area contributed by atoms with Crippen LogP contribution in [0.25, 0.3) is 10.2 Å². The van der Waals surface area contributed by atoms with E-state index < -0.39 is 0 Å². The Morgan fingerprint density at radius 2 is 1.97 bits per heavy atom. The summed E-state index contributed by atoms with van der Waals surface area (Å²) in [6.45, 7) is 4.71. The van der Waals surface area contributed by atoms with Crippen molar-refractivity contribution in [2.75, 3.05) is 13.1 Å². The predicted octanol–water partition coefficient (Wildman–Crippen LogP) is 5.12. The van der Waals surface area contributed by atoms with Crippen LogP contribution in [0.5, 0.6) is 0 Å². The minimum atomic E-state index is 0.0246. The lowest BCUT2D eigenvalue weighted by Gasteiger charge is -2.32. The maximum atomic E-state index is 12.9. The van der Waals surface area contributed by atoms with Gasteiger partial charge in [-0.2, -0.15) is 5.10 Å². The van der Waals surface area contributed by atoms with Crippen LogP contribution >= 0.6 is 34.5 Å². The molecule has 2 aromatic heterocycles. The molecule has 0 atom stereocenters. The fourth-order valence-corrected chi connectivity index (χ4v) is 5.78. The van der Waals surface area contributed by atoms with Gasteiger partial charge in [0.15, 0.2) is 0 Å². The number of nitrogens with zero attached hydrogens (tertiary/aromatic N) is 3. The van der Waals surface area contributed by atoms with E-state index in [0.717, 1.165) is 58.3 Å². The Balaban J connectivity index is 1.31. The van der Waals surface area contributed by atoms with E-state index in [1.165, 1.54) is 24.2 Å². The van der Waals surface area contributed by atoms with Gasteiger partial charge in [0, 0.05) is 40.6 Å². The number of benzene rings is 1. The zero-order valence-electron chi connectivity index (χ0n) is 16.8. The van der Waals surface area contributed by atoms with Crippen LogP contribution in [0.1, 0.15) is 46.6 Å². The number of piperidine rings is 1. The molecule has 1 saturated carbocycles. The SMILES string of the molecule is Cc1nn(Cc2ccc(Cl)cc2Cl)c2sc(C(=O)NC3CCN(C4CC4)CC3)cc12. The third-order valence-electron chi connectivity index (χ3n) is 6.09. The van der Waals surface area contributed by atoms with Gasteiger partial charge in [0.25, 0.3) is 5.91 Å². The van der Waals surface area contributed by atoms with Gasteiger partial charge in [-0.05, 0) is 56.4 Å². The Morgan fingerprint density at radius 3 is 2.67 bits per heavy atom. The van der Waals surface area contributed by atoms with Crippen LogP contribution in [0.15, 0.2) is 24.3 Å². The Labute approximate surface area is 189 Å². The van der Waals surface area contributed by atoms with Crippen molar-refractivity contribution in [1.82, 2.24) is 20.0 Å². The van der Waals surface area contributed by atoms with Crippen LogP contribution in [-0.4, -0.2) is 45.8 Å². The lowest BCUT2D eigenvalue weighted by Crippen LogP contribution is -2.45. The average Bonchev–Trinajstić information content (AvgIpc) is 3.40. The minimum absolute atomic E-state index is 0.0246. The van der Waals surface area contributed by atoms with Gasteiger partial charge >= 0.3 is 0 Å². The van der Waals surface area contributed by atoms with Crippen molar-refractivity contribution in [2.45, 2.75) is 51.2 Å². The van der Waals surface area contributed by atoms with Gasteiger partial charge in [-0.15, -0.1) is 11.3 Å². The molecule has 3 aromatic rings. The molecule has 158 valence electrons. The van der Waals surface area contributed by atoms with Crippen LogP contribution in [0.4, 0.5) is 0 Å². The van der Waals surface area contributed by atoms with Gasteiger partial charge in [0.1, 0.15) is 4.83 Å². The molecule has 1 aromatic carbocycles. The van der Waals surface area contributed by atoms with Crippen molar-refractivity contribution >= 4 is 50.7 Å². The number of carbonyl (C=O) groups excluding carboxylic acids is 1. The van der Waals surface area contributed by atoms with Crippen molar-refractivity contribution in [3.05, 3.63) is 50.4 Å². The molecule has 5 nitrogen and oxygen atoms in total. The third-order valence-corrected chi connectivity index (χ3v) is 7.83. The van der Waals surface area contributed by atoms with Gasteiger partial charge in [-0.25, -0.2) is 0 Å². The molecule has 5 rings (SSSR count). The fourth-order valence-electron chi connectivity index (χ4n) is 4.25. The standard InChI is InChI=1S/C22H24Cl2N4OS/c1-13-18-11-20(21(29)25-16-6-8-27(9-7-16)17-4-5-17)30-22(18)28(26-13)12-14-2-3-15(23)10-19(14)24/h2-3,10-11,16-17H,4-9,12H2,1H3,(H,25,29). The number of likely N-dealkylation sites (tertiary alicyclic amines) is 1. The fraction of sp³-hybridized carbons (Fsp3) is 0.455. The smallest absolute Gasteiger partial charge is 0.261 e. The number of aromatic nitrogens is 2. The van der Waals surface area contributed by atoms with E-state index in [1.54, 1.807) is 6.07 Å². The maximum Gasteiger partial charge on any atom is 0.261 e. The minimum Gasteiger partial charge on any atom is -0.349 e. The van der Waals surface area contributed by atoms with E-state index in [-0.39, 0.29) is 11.9 Å². The molecule has 8 heteroatoms. The molecule has 30 heavy (non-hydrogen) atoms. The summed E-state index contributed by atoms with van der Waals surface area (Å²) in [5, 5.41) is 10.2. The summed E-state index contributed by atoms with van der Waals surface area (Å²) in [5.41, 5.74) is 1.87. The third kappa shape index (κ3) is 4.11.